The fourth-order valence-corrected chi connectivity index (χ4v) is 4.67. The van der Waals surface area contributed by atoms with Crippen molar-refractivity contribution in [2.24, 2.45) is 0 Å². The van der Waals surface area contributed by atoms with Gasteiger partial charge in [-0.1, -0.05) is 13.8 Å². The minimum atomic E-state index is 0.322. The summed E-state index contributed by atoms with van der Waals surface area (Å²) in [6.45, 7) is 7.29. The maximum absolute atomic E-state index is 9.06. The van der Waals surface area contributed by atoms with Gasteiger partial charge < -0.3 is 10.6 Å². The molecule has 31 heavy (non-hydrogen) atoms. The van der Waals surface area contributed by atoms with Crippen molar-refractivity contribution in [2.45, 2.75) is 71.0 Å². The zero-order valence-electron chi connectivity index (χ0n) is 18.5. The van der Waals surface area contributed by atoms with Crippen molar-refractivity contribution >= 4 is 23.1 Å². The molecule has 3 N–H and O–H groups in total. The van der Waals surface area contributed by atoms with Crippen LogP contribution in [0, 0.1) is 18.3 Å². The Labute approximate surface area is 182 Å². The fraction of sp³-hybridized carbons (Fsp3) is 0.545. The SMILES string of the molecule is CCC1CC(Nc2nc(Nc3cc(C)[nH]n3)nn3cccc23)CC(CC)N1CCC#N. The van der Waals surface area contributed by atoms with Gasteiger partial charge in [-0.15, -0.1) is 5.10 Å². The first kappa shape index (κ1) is 21.1. The van der Waals surface area contributed by atoms with Crippen LogP contribution < -0.4 is 10.6 Å². The standard InChI is InChI=1S/C22H31N9/c1-4-17-13-16(14-18(5-2)30(17)10-7-9-23)24-21-19-8-6-11-31(19)29-22(26-21)25-20-12-15(3)27-28-20/h6,8,11-12,16-18H,4-5,7,10,13-14H2,1-3H3,(H3,24,25,26,27,28,29). The van der Waals surface area contributed by atoms with Gasteiger partial charge in [0.15, 0.2) is 11.6 Å². The molecule has 0 radical (unpaired) electrons. The Hall–Kier alpha value is -3.12. The summed E-state index contributed by atoms with van der Waals surface area (Å²) in [7, 11) is 0. The number of H-pyrrole nitrogens is 1. The topological polar surface area (TPSA) is 110 Å². The van der Waals surface area contributed by atoms with E-state index in [0.717, 1.165) is 49.3 Å². The quantitative estimate of drug-likeness (QED) is 0.507. The van der Waals surface area contributed by atoms with Crippen LogP contribution in [0.4, 0.5) is 17.6 Å². The van der Waals surface area contributed by atoms with Gasteiger partial charge in [-0.05, 0) is 44.7 Å². The van der Waals surface area contributed by atoms with E-state index in [-0.39, 0.29) is 0 Å². The van der Waals surface area contributed by atoms with E-state index in [1.165, 1.54) is 0 Å². The van der Waals surface area contributed by atoms with Crippen LogP contribution in [0.25, 0.3) is 5.52 Å². The molecule has 0 aromatic carbocycles. The van der Waals surface area contributed by atoms with E-state index in [9.17, 15) is 0 Å². The molecule has 0 amide bonds. The number of aromatic amines is 1. The highest BCUT2D eigenvalue weighted by Gasteiger charge is 2.34. The summed E-state index contributed by atoms with van der Waals surface area (Å²) in [5.41, 5.74) is 1.93. The minimum absolute atomic E-state index is 0.322. The molecule has 1 aliphatic heterocycles. The smallest absolute Gasteiger partial charge is 0.248 e. The summed E-state index contributed by atoms with van der Waals surface area (Å²) in [5, 5.41) is 27.7. The van der Waals surface area contributed by atoms with Crippen molar-refractivity contribution in [1.82, 2.24) is 29.7 Å². The molecule has 0 bridgehead atoms. The van der Waals surface area contributed by atoms with Crippen LogP contribution in [0.2, 0.25) is 0 Å². The lowest BCUT2D eigenvalue weighted by Gasteiger charge is -2.45. The Bertz CT molecular complexity index is 1030. The Balaban J connectivity index is 1.56. The van der Waals surface area contributed by atoms with Gasteiger partial charge in [0.25, 0.3) is 0 Å². The molecule has 0 aliphatic carbocycles. The second kappa shape index (κ2) is 9.35. The van der Waals surface area contributed by atoms with Crippen molar-refractivity contribution in [3.8, 4) is 6.07 Å². The van der Waals surface area contributed by atoms with Gasteiger partial charge in [0.1, 0.15) is 5.52 Å². The number of aromatic nitrogens is 5. The summed E-state index contributed by atoms with van der Waals surface area (Å²) in [4.78, 5) is 7.32. The third kappa shape index (κ3) is 4.64. The predicted molar refractivity (Wildman–Crippen MR) is 121 cm³/mol. The highest BCUT2D eigenvalue weighted by Crippen LogP contribution is 2.30. The van der Waals surface area contributed by atoms with E-state index < -0.39 is 0 Å². The lowest BCUT2D eigenvalue weighted by Crippen LogP contribution is -2.52. The van der Waals surface area contributed by atoms with E-state index in [4.69, 9.17) is 10.2 Å². The molecular formula is C22H31N9. The molecule has 3 aromatic heterocycles. The van der Waals surface area contributed by atoms with E-state index in [1.54, 1.807) is 0 Å². The van der Waals surface area contributed by atoms with E-state index >= 15 is 0 Å². The normalized spacial score (nSPS) is 21.8. The third-order valence-corrected chi connectivity index (χ3v) is 6.15. The van der Waals surface area contributed by atoms with Gasteiger partial charge in [0, 0.05) is 49.0 Å². The lowest BCUT2D eigenvalue weighted by molar-refractivity contribution is 0.0735. The molecule has 0 saturated carbocycles. The van der Waals surface area contributed by atoms with E-state index in [1.807, 2.05) is 35.8 Å². The van der Waals surface area contributed by atoms with Crippen molar-refractivity contribution in [3.05, 3.63) is 30.1 Å². The second-order valence-corrected chi connectivity index (χ2v) is 8.27. The monoisotopic (exact) mass is 421 g/mol. The molecule has 2 unspecified atom stereocenters. The summed E-state index contributed by atoms with van der Waals surface area (Å²) in [6, 6.07) is 9.50. The Kier molecular flexibility index (Phi) is 6.37. The number of piperidine rings is 1. The van der Waals surface area contributed by atoms with Crippen LogP contribution in [-0.2, 0) is 0 Å². The number of nitrogens with zero attached hydrogens (tertiary/aromatic N) is 6. The average molecular weight is 422 g/mol. The first-order valence-electron chi connectivity index (χ1n) is 11.1. The molecule has 4 heterocycles. The first-order chi connectivity index (χ1) is 15.1. The highest BCUT2D eigenvalue weighted by atomic mass is 15.3. The number of hydrogen-bond donors (Lipinski definition) is 3. The first-order valence-corrected chi connectivity index (χ1v) is 11.1. The molecular weight excluding hydrogens is 390 g/mol. The molecule has 2 atom stereocenters. The number of aryl methyl sites for hydroxylation is 1. The van der Waals surface area contributed by atoms with E-state index in [2.05, 4.69) is 50.7 Å². The van der Waals surface area contributed by atoms with Crippen LogP contribution in [0.1, 0.15) is 51.6 Å². The van der Waals surface area contributed by atoms with Gasteiger partial charge in [0.2, 0.25) is 5.95 Å². The van der Waals surface area contributed by atoms with E-state index in [0.29, 0.717) is 36.3 Å². The molecule has 4 rings (SSSR count). The van der Waals surface area contributed by atoms with Crippen LogP contribution in [-0.4, -0.2) is 54.4 Å². The number of nitriles is 1. The zero-order chi connectivity index (χ0) is 21.8. The number of rotatable bonds is 8. The molecule has 0 spiro atoms. The number of anilines is 3. The lowest BCUT2D eigenvalue weighted by atomic mass is 9.88. The summed E-state index contributed by atoms with van der Waals surface area (Å²) >= 11 is 0. The van der Waals surface area contributed by atoms with Crippen LogP contribution in [0.3, 0.4) is 0 Å². The molecule has 9 heteroatoms. The van der Waals surface area contributed by atoms with Crippen LogP contribution in [0.5, 0.6) is 0 Å². The van der Waals surface area contributed by atoms with Gasteiger partial charge in [-0.3, -0.25) is 10.00 Å². The number of likely N-dealkylation sites (tertiary alicyclic amines) is 1. The van der Waals surface area contributed by atoms with Gasteiger partial charge in [0.05, 0.1) is 6.07 Å². The second-order valence-electron chi connectivity index (χ2n) is 8.27. The van der Waals surface area contributed by atoms with Crippen molar-refractivity contribution in [1.29, 1.82) is 5.26 Å². The summed E-state index contributed by atoms with van der Waals surface area (Å²) in [6.07, 6.45) is 6.75. The van der Waals surface area contributed by atoms with Crippen molar-refractivity contribution in [2.75, 3.05) is 17.2 Å². The molecule has 1 aliphatic rings. The molecule has 1 saturated heterocycles. The van der Waals surface area contributed by atoms with Crippen molar-refractivity contribution < 1.29 is 0 Å². The Morgan fingerprint density at radius 2 is 2.03 bits per heavy atom. The van der Waals surface area contributed by atoms with Crippen molar-refractivity contribution in [3.63, 3.8) is 0 Å². The summed E-state index contributed by atoms with van der Waals surface area (Å²) < 4.78 is 1.84. The predicted octanol–water partition coefficient (Wildman–Crippen LogP) is 3.85. The Morgan fingerprint density at radius 3 is 2.68 bits per heavy atom. The largest absolute Gasteiger partial charge is 0.365 e. The maximum Gasteiger partial charge on any atom is 0.248 e. The number of hydrogen-bond acceptors (Lipinski definition) is 7. The number of fused-ring (bicyclic) bond motifs is 1. The minimum Gasteiger partial charge on any atom is -0.365 e. The maximum atomic E-state index is 9.06. The van der Waals surface area contributed by atoms with Crippen LogP contribution >= 0.6 is 0 Å². The zero-order valence-corrected chi connectivity index (χ0v) is 18.5. The fourth-order valence-electron chi connectivity index (χ4n) is 4.67. The van der Waals surface area contributed by atoms with Gasteiger partial charge in [-0.2, -0.15) is 15.3 Å². The third-order valence-electron chi connectivity index (χ3n) is 6.15. The van der Waals surface area contributed by atoms with Gasteiger partial charge in [-0.25, -0.2) is 4.52 Å². The molecule has 9 nitrogen and oxygen atoms in total. The molecule has 3 aromatic rings. The molecule has 164 valence electrons. The Morgan fingerprint density at radius 1 is 1.26 bits per heavy atom. The van der Waals surface area contributed by atoms with Gasteiger partial charge >= 0.3 is 0 Å². The van der Waals surface area contributed by atoms with Crippen LogP contribution in [0.15, 0.2) is 24.4 Å². The summed E-state index contributed by atoms with van der Waals surface area (Å²) in [5.74, 6) is 2.02. The highest BCUT2D eigenvalue weighted by molar-refractivity contribution is 5.69. The molecule has 1 fully saturated rings. The number of nitrogens with one attached hydrogen (secondary N) is 3. The average Bonchev–Trinajstić information content (AvgIpc) is 3.41.